The first-order valence-corrected chi connectivity index (χ1v) is 15.5. The molecule has 0 bridgehead atoms. The highest BCUT2D eigenvalue weighted by Gasteiger charge is 2.21. The molecule has 0 saturated heterocycles. The molecule has 0 saturated carbocycles. The van der Waals surface area contributed by atoms with Crippen molar-refractivity contribution in [2.75, 3.05) is 0 Å². The number of aromatic nitrogens is 3. The van der Waals surface area contributed by atoms with Gasteiger partial charge in [0, 0.05) is 38.0 Å². The molecular formula is C42H27N3. The smallest absolute Gasteiger partial charge is 0.0723 e. The van der Waals surface area contributed by atoms with Crippen molar-refractivity contribution >= 4 is 65.4 Å². The Kier molecular flexibility index (Phi) is 5.00. The number of hydrogen-bond acceptors (Lipinski definition) is 0. The van der Waals surface area contributed by atoms with Crippen LogP contribution in [0.3, 0.4) is 0 Å². The lowest BCUT2D eigenvalue weighted by molar-refractivity contribution is 1.08. The molecule has 3 heterocycles. The van der Waals surface area contributed by atoms with Crippen LogP contribution in [0.4, 0.5) is 0 Å². The zero-order chi connectivity index (χ0) is 29.5. The van der Waals surface area contributed by atoms with E-state index in [0.717, 1.165) is 17.1 Å². The fraction of sp³-hybridized carbons (Fsp3) is 0. The van der Waals surface area contributed by atoms with Crippen LogP contribution in [0.5, 0.6) is 0 Å². The minimum Gasteiger partial charge on any atom is -0.309 e. The molecule has 45 heavy (non-hydrogen) atoms. The molecule has 3 aromatic heterocycles. The Morgan fingerprint density at radius 2 is 0.533 bits per heavy atom. The lowest BCUT2D eigenvalue weighted by Gasteiger charge is -2.19. The molecule has 0 N–H and O–H groups in total. The standard InChI is InChI=1S/C42H27N3/c1-7-19-35-29(13-1)30-14-2-8-20-36(30)43(35)28-25-26-41(44-37-21-9-3-15-31(37)32-16-4-10-22-38(32)44)42(27-28)45-39-23-11-5-17-33(39)34-18-6-12-24-40(34)45/h1-27H. The normalized spacial score (nSPS) is 12.0. The Morgan fingerprint density at radius 3 is 0.889 bits per heavy atom. The highest BCUT2D eigenvalue weighted by Crippen LogP contribution is 2.40. The van der Waals surface area contributed by atoms with E-state index in [1.54, 1.807) is 0 Å². The first-order valence-electron chi connectivity index (χ1n) is 15.5. The first-order chi connectivity index (χ1) is 22.4. The molecule has 3 nitrogen and oxygen atoms in total. The zero-order valence-corrected chi connectivity index (χ0v) is 24.4. The lowest BCUT2D eigenvalue weighted by atomic mass is 10.2. The van der Waals surface area contributed by atoms with Gasteiger partial charge in [0.1, 0.15) is 0 Å². The Labute approximate surface area is 259 Å². The fourth-order valence-corrected chi connectivity index (χ4v) is 7.58. The van der Waals surface area contributed by atoms with Crippen LogP contribution in [0.1, 0.15) is 0 Å². The van der Waals surface area contributed by atoms with E-state index in [4.69, 9.17) is 0 Å². The SMILES string of the molecule is c1ccc2c(c1)c1ccccc1n2-c1ccc(-n2c3ccccc3c3ccccc32)c(-n2c3ccccc3c3ccccc32)c1. The molecule has 0 aliphatic rings. The van der Waals surface area contributed by atoms with E-state index in [1.165, 1.54) is 65.4 Å². The number of para-hydroxylation sites is 6. The van der Waals surface area contributed by atoms with Gasteiger partial charge in [-0.1, -0.05) is 109 Å². The van der Waals surface area contributed by atoms with Gasteiger partial charge in [-0.25, -0.2) is 0 Å². The Balaban J connectivity index is 1.39. The molecular weight excluding hydrogens is 546 g/mol. The highest BCUT2D eigenvalue weighted by molar-refractivity contribution is 6.12. The average molecular weight is 574 g/mol. The summed E-state index contributed by atoms with van der Waals surface area (Å²) in [5, 5.41) is 7.54. The van der Waals surface area contributed by atoms with E-state index < -0.39 is 0 Å². The minimum absolute atomic E-state index is 1.13. The van der Waals surface area contributed by atoms with Crippen LogP contribution in [0, 0.1) is 0 Å². The molecule has 3 heteroatoms. The van der Waals surface area contributed by atoms with Gasteiger partial charge in [0.05, 0.1) is 44.5 Å². The summed E-state index contributed by atoms with van der Waals surface area (Å²) >= 11 is 0. The number of nitrogens with zero attached hydrogens (tertiary/aromatic N) is 3. The van der Waals surface area contributed by atoms with Crippen LogP contribution in [0.25, 0.3) is 82.5 Å². The largest absolute Gasteiger partial charge is 0.309 e. The molecule has 10 rings (SSSR count). The van der Waals surface area contributed by atoms with Crippen molar-refractivity contribution in [1.29, 1.82) is 0 Å². The molecule has 10 aromatic rings. The Bertz CT molecular complexity index is 2610. The van der Waals surface area contributed by atoms with Crippen LogP contribution in [0.15, 0.2) is 164 Å². The summed E-state index contributed by atoms with van der Waals surface area (Å²) in [5.74, 6) is 0. The van der Waals surface area contributed by atoms with Gasteiger partial charge in [0.25, 0.3) is 0 Å². The third kappa shape index (κ3) is 3.35. The number of benzene rings is 7. The summed E-state index contributed by atoms with van der Waals surface area (Å²) in [6.45, 7) is 0. The van der Waals surface area contributed by atoms with E-state index in [2.05, 4.69) is 177 Å². The van der Waals surface area contributed by atoms with Crippen molar-refractivity contribution in [3.63, 3.8) is 0 Å². The van der Waals surface area contributed by atoms with Gasteiger partial charge in [-0.3, -0.25) is 0 Å². The maximum absolute atomic E-state index is 2.46. The van der Waals surface area contributed by atoms with E-state index >= 15 is 0 Å². The third-order valence-electron chi connectivity index (χ3n) is 9.44. The number of rotatable bonds is 3. The monoisotopic (exact) mass is 573 g/mol. The maximum atomic E-state index is 2.46. The van der Waals surface area contributed by atoms with E-state index in [-0.39, 0.29) is 0 Å². The third-order valence-corrected chi connectivity index (χ3v) is 9.44. The van der Waals surface area contributed by atoms with Gasteiger partial charge in [0.2, 0.25) is 0 Å². The molecule has 210 valence electrons. The zero-order valence-electron chi connectivity index (χ0n) is 24.4. The van der Waals surface area contributed by atoms with Gasteiger partial charge < -0.3 is 13.7 Å². The van der Waals surface area contributed by atoms with Gasteiger partial charge in [0.15, 0.2) is 0 Å². The van der Waals surface area contributed by atoms with Gasteiger partial charge in [-0.2, -0.15) is 0 Å². The van der Waals surface area contributed by atoms with E-state index in [1.807, 2.05) is 0 Å². The van der Waals surface area contributed by atoms with Crippen molar-refractivity contribution < 1.29 is 0 Å². The van der Waals surface area contributed by atoms with Crippen LogP contribution >= 0.6 is 0 Å². The molecule has 0 radical (unpaired) electrons. The van der Waals surface area contributed by atoms with Crippen LogP contribution in [-0.4, -0.2) is 13.7 Å². The maximum Gasteiger partial charge on any atom is 0.0723 e. The van der Waals surface area contributed by atoms with Crippen molar-refractivity contribution in [1.82, 2.24) is 13.7 Å². The second-order valence-corrected chi connectivity index (χ2v) is 11.8. The molecule has 0 aliphatic carbocycles. The van der Waals surface area contributed by atoms with Crippen LogP contribution in [-0.2, 0) is 0 Å². The van der Waals surface area contributed by atoms with Gasteiger partial charge in [-0.05, 0) is 54.6 Å². The van der Waals surface area contributed by atoms with Crippen molar-refractivity contribution in [2.24, 2.45) is 0 Å². The highest BCUT2D eigenvalue weighted by atomic mass is 15.1. The Morgan fingerprint density at radius 1 is 0.244 bits per heavy atom. The molecule has 7 aromatic carbocycles. The van der Waals surface area contributed by atoms with Crippen molar-refractivity contribution in [3.8, 4) is 17.1 Å². The Hall–Kier alpha value is -6.06. The predicted molar refractivity (Wildman–Crippen MR) is 189 cm³/mol. The lowest BCUT2D eigenvalue weighted by Crippen LogP contribution is -2.05. The summed E-state index contributed by atoms with van der Waals surface area (Å²) in [7, 11) is 0. The molecule has 0 fully saturated rings. The van der Waals surface area contributed by atoms with E-state index in [9.17, 15) is 0 Å². The minimum atomic E-state index is 1.13. The molecule has 0 unspecified atom stereocenters. The average Bonchev–Trinajstić information content (AvgIpc) is 3.74. The molecule has 0 amide bonds. The van der Waals surface area contributed by atoms with E-state index in [0.29, 0.717) is 0 Å². The van der Waals surface area contributed by atoms with Gasteiger partial charge in [-0.15, -0.1) is 0 Å². The second kappa shape index (κ2) is 9.22. The summed E-state index contributed by atoms with van der Waals surface area (Å²) < 4.78 is 7.32. The quantitative estimate of drug-likeness (QED) is 0.200. The van der Waals surface area contributed by atoms with Gasteiger partial charge >= 0.3 is 0 Å². The summed E-state index contributed by atoms with van der Waals surface area (Å²) in [5.41, 5.74) is 10.6. The molecule has 0 atom stereocenters. The first kappa shape index (κ1) is 24.4. The summed E-state index contributed by atoms with van der Waals surface area (Å²) in [6, 6.07) is 59.5. The van der Waals surface area contributed by atoms with Crippen molar-refractivity contribution in [3.05, 3.63) is 164 Å². The summed E-state index contributed by atoms with van der Waals surface area (Å²) in [4.78, 5) is 0. The molecule has 0 spiro atoms. The second-order valence-electron chi connectivity index (χ2n) is 11.8. The van der Waals surface area contributed by atoms with Crippen LogP contribution < -0.4 is 0 Å². The molecule has 0 aliphatic heterocycles. The number of hydrogen-bond donors (Lipinski definition) is 0. The summed E-state index contributed by atoms with van der Waals surface area (Å²) in [6.07, 6.45) is 0. The topological polar surface area (TPSA) is 14.8 Å². The fourth-order valence-electron chi connectivity index (χ4n) is 7.58. The predicted octanol–water partition coefficient (Wildman–Crippen LogP) is 11.0. The van der Waals surface area contributed by atoms with Crippen molar-refractivity contribution in [2.45, 2.75) is 0 Å². The van der Waals surface area contributed by atoms with Crippen LogP contribution in [0.2, 0.25) is 0 Å². The number of fused-ring (bicyclic) bond motifs is 9.